The highest BCUT2D eigenvalue weighted by molar-refractivity contribution is 6.18. The molecule has 1 unspecified atom stereocenters. The Morgan fingerprint density at radius 2 is 2.00 bits per heavy atom. The molecular formula is C13H24ClNO. The first kappa shape index (κ1) is 13.8. The second kappa shape index (κ2) is 7.16. The van der Waals surface area contributed by atoms with Crippen LogP contribution in [0.25, 0.3) is 0 Å². The lowest BCUT2D eigenvalue weighted by Gasteiger charge is -2.35. The summed E-state index contributed by atoms with van der Waals surface area (Å²) in [6, 6.07) is 0.453. The van der Waals surface area contributed by atoms with E-state index in [2.05, 4.69) is 6.92 Å². The predicted molar refractivity (Wildman–Crippen MR) is 68.8 cm³/mol. The number of halogens is 1. The fraction of sp³-hybridized carbons (Fsp3) is 0.923. The SMILES string of the molecule is CCC(C)C(=O)N(CCCl)C1CCCCC1. The van der Waals surface area contributed by atoms with Gasteiger partial charge in [0.2, 0.25) is 5.91 Å². The summed E-state index contributed by atoms with van der Waals surface area (Å²) < 4.78 is 0. The van der Waals surface area contributed by atoms with Gasteiger partial charge in [-0.2, -0.15) is 0 Å². The van der Waals surface area contributed by atoms with E-state index < -0.39 is 0 Å². The van der Waals surface area contributed by atoms with Crippen molar-refractivity contribution in [3.05, 3.63) is 0 Å². The van der Waals surface area contributed by atoms with E-state index >= 15 is 0 Å². The molecule has 1 amide bonds. The van der Waals surface area contributed by atoms with E-state index in [1.165, 1.54) is 32.1 Å². The topological polar surface area (TPSA) is 20.3 Å². The molecule has 0 N–H and O–H groups in total. The zero-order chi connectivity index (χ0) is 12.0. The van der Waals surface area contributed by atoms with Gasteiger partial charge in [0.25, 0.3) is 0 Å². The Hall–Kier alpha value is -0.240. The van der Waals surface area contributed by atoms with Gasteiger partial charge < -0.3 is 4.90 Å². The van der Waals surface area contributed by atoms with Gasteiger partial charge in [0.1, 0.15) is 0 Å². The fourth-order valence-corrected chi connectivity index (χ4v) is 2.60. The van der Waals surface area contributed by atoms with E-state index in [1.807, 2.05) is 11.8 Å². The number of alkyl halides is 1. The van der Waals surface area contributed by atoms with Crippen LogP contribution >= 0.6 is 11.6 Å². The molecule has 0 bridgehead atoms. The van der Waals surface area contributed by atoms with Crippen LogP contribution < -0.4 is 0 Å². The Labute approximate surface area is 104 Å². The first-order chi connectivity index (χ1) is 7.70. The summed E-state index contributed by atoms with van der Waals surface area (Å²) in [5.74, 6) is 0.999. The van der Waals surface area contributed by atoms with E-state index in [-0.39, 0.29) is 5.92 Å². The molecule has 0 aromatic heterocycles. The van der Waals surface area contributed by atoms with Crippen LogP contribution in [0.1, 0.15) is 52.4 Å². The number of rotatable bonds is 5. The second-order valence-electron chi connectivity index (χ2n) is 4.82. The number of carbonyl (C=O) groups is 1. The van der Waals surface area contributed by atoms with Crippen LogP contribution in [0.4, 0.5) is 0 Å². The molecular weight excluding hydrogens is 222 g/mol. The number of hydrogen-bond donors (Lipinski definition) is 0. The van der Waals surface area contributed by atoms with Crippen LogP contribution in [0.2, 0.25) is 0 Å². The molecule has 16 heavy (non-hydrogen) atoms. The summed E-state index contributed by atoms with van der Waals surface area (Å²) in [6.07, 6.45) is 7.10. The van der Waals surface area contributed by atoms with Crippen LogP contribution in [-0.2, 0) is 4.79 Å². The van der Waals surface area contributed by atoms with E-state index in [0.717, 1.165) is 13.0 Å². The standard InChI is InChI=1S/C13H24ClNO/c1-3-11(2)13(16)15(10-9-14)12-7-5-4-6-8-12/h11-12H,3-10H2,1-2H3. The Bertz CT molecular complexity index is 214. The molecule has 0 saturated heterocycles. The highest BCUT2D eigenvalue weighted by Crippen LogP contribution is 2.24. The number of carbonyl (C=O) groups excluding carboxylic acids is 1. The molecule has 1 atom stereocenters. The van der Waals surface area contributed by atoms with Crippen molar-refractivity contribution in [3.63, 3.8) is 0 Å². The van der Waals surface area contributed by atoms with Gasteiger partial charge in [-0.15, -0.1) is 11.6 Å². The maximum atomic E-state index is 12.2. The summed E-state index contributed by atoms with van der Waals surface area (Å²) in [4.78, 5) is 14.3. The molecule has 0 heterocycles. The maximum absolute atomic E-state index is 12.2. The van der Waals surface area contributed by atoms with Crippen molar-refractivity contribution in [1.82, 2.24) is 4.90 Å². The number of hydrogen-bond acceptors (Lipinski definition) is 1. The van der Waals surface area contributed by atoms with Crippen molar-refractivity contribution >= 4 is 17.5 Å². The molecule has 0 aromatic rings. The van der Waals surface area contributed by atoms with Crippen LogP contribution in [0.15, 0.2) is 0 Å². The van der Waals surface area contributed by atoms with E-state index in [0.29, 0.717) is 17.8 Å². The molecule has 0 aliphatic heterocycles. The summed E-state index contributed by atoms with van der Waals surface area (Å²) in [6.45, 7) is 4.81. The zero-order valence-corrected chi connectivity index (χ0v) is 11.3. The smallest absolute Gasteiger partial charge is 0.225 e. The van der Waals surface area contributed by atoms with Crippen molar-refractivity contribution in [2.24, 2.45) is 5.92 Å². The van der Waals surface area contributed by atoms with Gasteiger partial charge in [0.15, 0.2) is 0 Å². The van der Waals surface area contributed by atoms with Crippen molar-refractivity contribution in [3.8, 4) is 0 Å². The average Bonchev–Trinajstić information content (AvgIpc) is 2.35. The van der Waals surface area contributed by atoms with Gasteiger partial charge in [-0.1, -0.05) is 33.1 Å². The van der Waals surface area contributed by atoms with Gasteiger partial charge in [0, 0.05) is 24.4 Å². The average molecular weight is 246 g/mol. The van der Waals surface area contributed by atoms with Crippen LogP contribution in [-0.4, -0.2) is 29.3 Å². The quantitative estimate of drug-likeness (QED) is 0.680. The molecule has 1 fully saturated rings. The molecule has 2 nitrogen and oxygen atoms in total. The first-order valence-electron chi connectivity index (χ1n) is 6.57. The van der Waals surface area contributed by atoms with Gasteiger partial charge in [0.05, 0.1) is 0 Å². The highest BCUT2D eigenvalue weighted by Gasteiger charge is 2.27. The summed E-state index contributed by atoms with van der Waals surface area (Å²) in [7, 11) is 0. The van der Waals surface area contributed by atoms with E-state index in [9.17, 15) is 4.79 Å². The molecule has 1 saturated carbocycles. The monoisotopic (exact) mass is 245 g/mol. The third-order valence-corrected chi connectivity index (χ3v) is 3.83. The molecule has 94 valence electrons. The lowest BCUT2D eigenvalue weighted by molar-refractivity contribution is -0.137. The number of amides is 1. The molecule has 0 radical (unpaired) electrons. The van der Waals surface area contributed by atoms with Crippen LogP contribution in [0.3, 0.4) is 0 Å². The van der Waals surface area contributed by atoms with Gasteiger partial charge in [-0.25, -0.2) is 0 Å². The van der Waals surface area contributed by atoms with Crippen molar-refractivity contribution in [2.75, 3.05) is 12.4 Å². The Morgan fingerprint density at radius 3 is 2.50 bits per heavy atom. The minimum absolute atomic E-state index is 0.144. The van der Waals surface area contributed by atoms with Gasteiger partial charge >= 0.3 is 0 Å². The third kappa shape index (κ3) is 3.65. The van der Waals surface area contributed by atoms with Crippen molar-refractivity contribution in [1.29, 1.82) is 0 Å². The van der Waals surface area contributed by atoms with Crippen molar-refractivity contribution < 1.29 is 4.79 Å². The summed E-state index contributed by atoms with van der Waals surface area (Å²) in [5, 5.41) is 0. The molecule has 1 rings (SSSR count). The predicted octanol–water partition coefficient (Wildman–Crippen LogP) is 3.43. The van der Waals surface area contributed by atoms with Gasteiger partial charge in [-0.05, 0) is 19.3 Å². The minimum atomic E-state index is 0.144. The maximum Gasteiger partial charge on any atom is 0.225 e. The largest absolute Gasteiger partial charge is 0.338 e. The molecule has 1 aliphatic rings. The lowest BCUT2D eigenvalue weighted by Crippen LogP contribution is -2.44. The minimum Gasteiger partial charge on any atom is -0.338 e. The van der Waals surface area contributed by atoms with Gasteiger partial charge in [-0.3, -0.25) is 4.79 Å². The Morgan fingerprint density at radius 1 is 1.38 bits per heavy atom. The Balaban J connectivity index is 2.60. The number of nitrogens with zero attached hydrogens (tertiary/aromatic N) is 1. The van der Waals surface area contributed by atoms with Crippen LogP contribution in [0.5, 0.6) is 0 Å². The molecule has 0 aromatic carbocycles. The third-order valence-electron chi connectivity index (χ3n) is 3.66. The van der Waals surface area contributed by atoms with E-state index in [4.69, 9.17) is 11.6 Å². The first-order valence-corrected chi connectivity index (χ1v) is 7.10. The summed E-state index contributed by atoms with van der Waals surface area (Å²) >= 11 is 5.81. The Kier molecular flexibility index (Phi) is 6.18. The fourth-order valence-electron chi connectivity index (χ4n) is 2.41. The van der Waals surface area contributed by atoms with Crippen LogP contribution in [0, 0.1) is 5.92 Å². The molecule has 0 spiro atoms. The molecule has 1 aliphatic carbocycles. The highest BCUT2D eigenvalue weighted by atomic mass is 35.5. The van der Waals surface area contributed by atoms with E-state index in [1.54, 1.807) is 0 Å². The second-order valence-corrected chi connectivity index (χ2v) is 5.20. The lowest BCUT2D eigenvalue weighted by atomic mass is 9.93. The zero-order valence-electron chi connectivity index (χ0n) is 10.5. The molecule has 3 heteroatoms. The summed E-state index contributed by atoms with van der Waals surface area (Å²) in [5.41, 5.74) is 0. The van der Waals surface area contributed by atoms with Crippen molar-refractivity contribution in [2.45, 2.75) is 58.4 Å². The normalized spacial score (nSPS) is 19.4.